The van der Waals surface area contributed by atoms with Crippen molar-refractivity contribution in [2.45, 2.75) is 38.3 Å². The highest BCUT2D eigenvalue weighted by atomic mass is 32.2. The Hall–Kier alpha value is -0.880. The van der Waals surface area contributed by atoms with Gasteiger partial charge < -0.3 is 9.88 Å². The topological polar surface area (TPSA) is 64.0 Å². The first-order valence-electron chi connectivity index (χ1n) is 6.51. The zero-order valence-corrected chi connectivity index (χ0v) is 11.5. The Kier molecular flexibility index (Phi) is 2.94. The summed E-state index contributed by atoms with van der Waals surface area (Å²) in [6.45, 7) is 2.34. The molecule has 2 aliphatic rings. The second kappa shape index (κ2) is 4.35. The van der Waals surface area contributed by atoms with Gasteiger partial charge in [-0.05, 0) is 12.8 Å². The van der Waals surface area contributed by atoms with Gasteiger partial charge >= 0.3 is 0 Å². The Bertz CT molecular complexity index is 558. The smallest absolute Gasteiger partial charge is 0.149 e. The Morgan fingerprint density at radius 2 is 2.22 bits per heavy atom. The first kappa shape index (κ1) is 12.2. The summed E-state index contributed by atoms with van der Waals surface area (Å²) in [5.74, 6) is 1.89. The molecule has 5 nitrogen and oxygen atoms in total. The van der Waals surface area contributed by atoms with Gasteiger partial charge in [-0.1, -0.05) is 0 Å². The fraction of sp³-hybridized carbons (Fsp3) is 0.750. The minimum atomic E-state index is -2.91. The lowest BCUT2D eigenvalue weighted by Gasteiger charge is -2.15. The average Bonchev–Trinajstić information content (AvgIpc) is 3.07. The summed E-state index contributed by atoms with van der Waals surface area (Å²) in [5, 5.41) is 3.32. The van der Waals surface area contributed by atoms with Crippen molar-refractivity contribution < 1.29 is 8.42 Å². The van der Waals surface area contributed by atoms with Gasteiger partial charge in [0.15, 0.2) is 0 Å². The first-order valence-corrected chi connectivity index (χ1v) is 8.57. The van der Waals surface area contributed by atoms with Crippen LogP contribution in [0, 0.1) is 0 Å². The van der Waals surface area contributed by atoms with E-state index in [2.05, 4.69) is 9.88 Å². The number of nitrogens with one attached hydrogen (secondary N) is 1. The van der Waals surface area contributed by atoms with E-state index in [0.29, 0.717) is 12.5 Å². The summed E-state index contributed by atoms with van der Waals surface area (Å²) in [5.41, 5.74) is 2.37. The van der Waals surface area contributed by atoms with Crippen molar-refractivity contribution in [1.82, 2.24) is 14.9 Å². The van der Waals surface area contributed by atoms with E-state index in [0.717, 1.165) is 31.0 Å². The van der Waals surface area contributed by atoms with Gasteiger partial charge in [-0.25, -0.2) is 13.4 Å². The maximum atomic E-state index is 11.3. The third kappa shape index (κ3) is 2.44. The molecule has 0 unspecified atom stereocenters. The lowest BCUT2D eigenvalue weighted by atomic mass is 10.2. The van der Waals surface area contributed by atoms with E-state index in [1.54, 1.807) is 0 Å². The van der Waals surface area contributed by atoms with Gasteiger partial charge in [0.1, 0.15) is 15.7 Å². The molecule has 3 rings (SSSR count). The molecule has 1 saturated carbocycles. The molecule has 0 amide bonds. The van der Waals surface area contributed by atoms with Crippen molar-refractivity contribution in [2.24, 2.45) is 0 Å². The van der Waals surface area contributed by atoms with Crippen LogP contribution in [-0.4, -0.2) is 36.5 Å². The van der Waals surface area contributed by atoms with Crippen molar-refractivity contribution in [3.63, 3.8) is 0 Å². The van der Waals surface area contributed by atoms with Crippen LogP contribution in [0.5, 0.6) is 0 Å². The molecule has 18 heavy (non-hydrogen) atoms. The lowest BCUT2D eigenvalue weighted by molar-refractivity contribution is 0.575. The van der Waals surface area contributed by atoms with Gasteiger partial charge in [0.2, 0.25) is 0 Å². The van der Waals surface area contributed by atoms with E-state index in [1.165, 1.54) is 24.8 Å². The van der Waals surface area contributed by atoms with Crippen LogP contribution in [0.2, 0.25) is 0 Å². The van der Waals surface area contributed by atoms with Gasteiger partial charge in [0.05, 0.1) is 11.4 Å². The summed E-state index contributed by atoms with van der Waals surface area (Å²) >= 11 is 0. The largest absolute Gasteiger partial charge is 0.330 e. The van der Waals surface area contributed by atoms with E-state index in [-0.39, 0.29) is 5.75 Å². The molecule has 0 aromatic carbocycles. The van der Waals surface area contributed by atoms with E-state index < -0.39 is 9.84 Å². The molecule has 0 atom stereocenters. The summed E-state index contributed by atoms with van der Waals surface area (Å²) in [7, 11) is -2.91. The Labute approximate surface area is 108 Å². The van der Waals surface area contributed by atoms with Crippen LogP contribution in [0.3, 0.4) is 0 Å². The highest BCUT2D eigenvalue weighted by Gasteiger charge is 2.31. The minimum absolute atomic E-state index is 0.211. The molecule has 1 fully saturated rings. The molecule has 1 aromatic rings. The molecular formula is C12H19N3O2S. The number of nitrogens with zero attached hydrogens (tertiary/aromatic N) is 2. The maximum absolute atomic E-state index is 11.3. The number of aromatic nitrogens is 2. The molecule has 100 valence electrons. The van der Waals surface area contributed by atoms with Gasteiger partial charge in [-0.2, -0.15) is 0 Å². The molecule has 6 heteroatoms. The predicted octanol–water partition coefficient (Wildman–Crippen LogP) is 0.451. The molecule has 2 heterocycles. The van der Waals surface area contributed by atoms with Crippen LogP contribution >= 0.6 is 0 Å². The van der Waals surface area contributed by atoms with Crippen LogP contribution < -0.4 is 5.32 Å². The zero-order chi connectivity index (χ0) is 12.8. The van der Waals surface area contributed by atoms with Crippen molar-refractivity contribution in [3.05, 3.63) is 17.2 Å². The van der Waals surface area contributed by atoms with Crippen LogP contribution in [0.4, 0.5) is 0 Å². The highest BCUT2D eigenvalue weighted by molar-refractivity contribution is 7.90. The second-order valence-corrected chi connectivity index (χ2v) is 7.61. The van der Waals surface area contributed by atoms with Crippen LogP contribution in [0.25, 0.3) is 0 Å². The number of imidazole rings is 1. The Morgan fingerprint density at radius 3 is 2.89 bits per heavy atom. The second-order valence-electron chi connectivity index (χ2n) is 5.35. The first-order chi connectivity index (χ1) is 8.54. The van der Waals surface area contributed by atoms with Crippen molar-refractivity contribution in [1.29, 1.82) is 0 Å². The van der Waals surface area contributed by atoms with Crippen LogP contribution in [-0.2, 0) is 29.3 Å². The molecular weight excluding hydrogens is 250 g/mol. The number of sulfone groups is 1. The van der Waals surface area contributed by atoms with Crippen molar-refractivity contribution in [3.8, 4) is 0 Å². The average molecular weight is 269 g/mol. The third-order valence-electron chi connectivity index (χ3n) is 3.64. The third-order valence-corrected chi connectivity index (χ3v) is 4.57. The molecule has 1 aromatic heterocycles. The zero-order valence-electron chi connectivity index (χ0n) is 10.6. The van der Waals surface area contributed by atoms with Crippen LogP contribution in [0.1, 0.15) is 36.0 Å². The molecule has 0 saturated heterocycles. The van der Waals surface area contributed by atoms with E-state index in [4.69, 9.17) is 4.98 Å². The number of hydrogen-bond donors (Lipinski definition) is 1. The van der Waals surface area contributed by atoms with E-state index >= 15 is 0 Å². The molecule has 0 radical (unpaired) electrons. The van der Waals surface area contributed by atoms with E-state index in [9.17, 15) is 8.42 Å². The van der Waals surface area contributed by atoms with Gasteiger partial charge in [0.25, 0.3) is 0 Å². The molecule has 0 spiro atoms. The van der Waals surface area contributed by atoms with Crippen LogP contribution in [0.15, 0.2) is 0 Å². The standard InChI is InChI=1S/C12H19N3O2S/c1-18(16,17)7-6-15-11-4-5-13-8-10(11)14-12(15)9-2-3-9/h9,13H,2-8H2,1H3. The van der Waals surface area contributed by atoms with Crippen molar-refractivity contribution in [2.75, 3.05) is 18.6 Å². The Balaban J connectivity index is 1.92. The monoisotopic (exact) mass is 269 g/mol. The number of hydrogen-bond acceptors (Lipinski definition) is 4. The molecule has 0 bridgehead atoms. The normalized spacial score (nSPS) is 19.8. The minimum Gasteiger partial charge on any atom is -0.330 e. The molecule has 1 aliphatic heterocycles. The number of fused-ring (bicyclic) bond motifs is 1. The maximum Gasteiger partial charge on any atom is 0.149 e. The van der Waals surface area contributed by atoms with Gasteiger partial charge in [0, 0.05) is 43.9 Å². The SMILES string of the molecule is CS(=O)(=O)CCn1c(C2CC2)nc2c1CCNC2. The highest BCUT2D eigenvalue weighted by Crippen LogP contribution is 2.40. The summed E-state index contributed by atoms with van der Waals surface area (Å²) in [4.78, 5) is 4.72. The Morgan fingerprint density at radius 1 is 1.44 bits per heavy atom. The van der Waals surface area contributed by atoms with Crippen molar-refractivity contribution >= 4 is 9.84 Å². The quantitative estimate of drug-likeness (QED) is 0.862. The molecule has 1 N–H and O–H groups in total. The van der Waals surface area contributed by atoms with Gasteiger partial charge in [-0.15, -0.1) is 0 Å². The lowest BCUT2D eigenvalue weighted by Crippen LogP contribution is -2.25. The van der Waals surface area contributed by atoms with E-state index in [1.807, 2.05) is 0 Å². The summed E-state index contributed by atoms with van der Waals surface area (Å²) < 4.78 is 24.9. The fourth-order valence-electron chi connectivity index (χ4n) is 2.55. The number of rotatable bonds is 4. The predicted molar refractivity (Wildman–Crippen MR) is 69.3 cm³/mol. The summed E-state index contributed by atoms with van der Waals surface area (Å²) in [6.07, 6.45) is 4.65. The fourth-order valence-corrected chi connectivity index (χ4v) is 3.07. The molecule has 1 aliphatic carbocycles. The van der Waals surface area contributed by atoms with Gasteiger partial charge in [-0.3, -0.25) is 0 Å². The summed E-state index contributed by atoms with van der Waals surface area (Å²) in [6, 6.07) is 0.